The zero-order valence-electron chi connectivity index (χ0n) is 14.8. The van der Waals surface area contributed by atoms with Crippen LogP contribution in [0, 0.1) is 13.8 Å². The van der Waals surface area contributed by atoms with Gasteiger partial charge in [-0.15, -0.1) is 0 Å². The molecule has 1 N–H and O–H groups in total. The first kappa shape index (κ1) is 18.3. The first-order chi connectivity index (χ1) is 12.0. The normalized spacial score (nSPS) is 10.6. The summed E-state index contributed by atoms with van der Waals surface area (Å²) in [6, 6.07) is 11.2. The number of rotatable bonds is 7. The van der Waals surface area contributed by atoms with E-state index in [1.807, 2.05) is 38.1 Å². The Morgan fingerprint density at radius 3 is 2.56 bits per heavy atom. The lowest BCUT2D eigenvalue weighted by Gasteiger charge is -2.08. The van der Waals surface area contributed by atoms with Crippen LogP contribution in [0.5, 0.6) is 11.5 Å². The molecule has 25 heavy (non-hydrogen) atoms. The highest BCUT2D eigenvalue weighted by atomic mass is 16.6. The highest BCUT2D eigenvalue weighted by Crippen LogP contribution is 2.26. The third-order valence-corrected chi connectivity index (χ3v) is 3.55. The van der Waals surface area contributed by atoms with Gasteiger partial charge in [0.15, 0.2) is 18.1 Å². The quantitative estimate of drug-likeness (QED) is 0.619. The van der Waals surface area contributed by atoms with E-state index in [0.29, 0.717) is 11.5 Å². The minimum atomic E-state index is -0.266. The second-order valence-electron chi connectivity index (χ2n) is 5.49. The van der Waals surface area contributed by atoms with Crippen molar-refractivity contribution in [3.63, 3.8) is 0 Å². The Labute approximate surface area is 147 Å². The van der Waals surface area contributed by atoms with Crippen LogP contribution in [0.15, 0.2) is 41.6 Å². The van der Waals surface area contributed by atoms with Crippen LogP contribution in [0.1, 0.15) is 16.7 Å². The van der Waals surface area contributed by atoms with Crippen molar-refractivity contribution >= 4 is 17.8 Å². The molecule has 0 fully saturated rings. The van der Waals surface area contributed by atoms with Gasteiger partial charge in [-0.05, 0) is 49.2 Å². The molecule has 0 unspecified atom stereocenters. The molecule has 6 heteroatoms. The van der Waals surface area contributed by atoms with E-state index in [-0.39, 0.29) is 12.5 Å². The Hall–Kier alpha value is -3.02. The summed E-state index contributed by atoms with van der Waals surface area (Å²) in [5.41, 5.74) is 3.62. The lowest BCUT2D eigenvalue weighted by Crippen LogP contribution is -2.17. The fraction of sp³-hybridized carbons (Fsp3) is 0.263. The molecule has 2 rings (SSSR count). The van der Waals surface area contributed by atoms with Gasteiger partial charge < -0.3 is 19.6 Å². The minimum absolute atomic E-state index is 0.169. The lowest BCUT2D eigenvalue weighted by molar-refractivity contribution is -0.120. The second-order valence-corrected chi connectivity index (χ2v) is 5.49. The van der Waals surface area contributed by atoms with Crippen molar-refractivity contribution in [3.8, 4) is 11.5 Å². The smallest absolute Gasteiger partial charge is 0.265 e. The number of anilines is 1. The summed E-state index contributed by atoms with van der Waals surface area (Å²) < 4.78 is 10.4. The van der Waals surface area contributed by atoms with E-state index >= 15 is 0 Å². The standard InChI is InChI=1S/C19H22N2O4/c1-13-5-6-14(2)16(9-13)21-19(22)12-25-20-11-15-7-8-17(23-3)18(10-15)24-4/h5-11H,12H2,1-4H3,(H,21,22)/b20-11+. The Kier molecular flexibility index (Phi) is 6.39. The van der Waals surface area contributed by atoms with Crippen molar-refractivity contribution in [2.75, 3.05) is 26.1 Å². The van der Waals surface area contributed by atoms with Crippen LogP contribution < -0.4 is 14.8 Å². The van der Waals surface area contributed by atoms with Crippen molar-refractivity contribution in [2.24, 2.45) is 5.16 Å². The molecule has 0 heterocycles. The van der Waals surface area contributed by atoms with Gasteiger partial charge in [-0.1, -0.05) is 17.3 Å². The number of oxime groups is 1. The van der Waals surface area contributed by atoms with Gasteiger partial charge in [-0.25, -0.2) is 0 Å². The van der Waals surface area contributed by atoms with Gasteiger partial charge in [0, 0.05) is 11.3 Å². The molecule has 0 atom stereocenters. The average molecular weight is 342 g/mol. The second kappa shape index (κ2) is 8.73. The predicted octanol–water partition coefficient (Wildman–Crippen LogP) is 3.31. The van der Waals surface area contributed by atoms with Crippen molar-refractivity contribution < 1.29 is 19.1 Å². The van der Waals surface area contributed by atoms with E-state index < -0.39 is 0 Å². The zero-order valence-corrected chi connectivity index (χ0v) is 14.8. The Bertz CT molecular complexity index is 772. The monoisotopic (exact) mass is 342 g/mol. The minimum Gasteiger partial charge on any atom is -0.493 e. The molecule has 0 radical (unpaired) electrons. The molecule has 0 saturated heterocycles. The number of carbonyl (C=O) groups excluding carboxylic acids is 1. The number of hydrogen-bond donors (Lipinski definition) is 1. The van der Waals surface area contributed by atoms with Crippen molar-refractivity contribution in [1.82, 2.24) is 0 Å². The van der Waals surface area contributed by atoms with Gasteiger partial charge in [0.1, 0.15) is 0 Å². The van der Waals surface area contributed by atoms with E-state index in [1.165, 1.54) is 6.21 Å². The number of benzene rings is 2. The van der Waals surface area contributed by atoms with Gasteiger partial charge in [-0.3, -0.25) is 4.79 Å². The molecule has 0 spiro atoms. The number of methoxy groups -OCH3 is 2. The average Bonchev–Trinajstić information content (AvgIpc) is 2.61. The number of ether oxygens (including phenoxy) is 2. The topological polar surface area (TPSA) is 69.2 Å². The summed E-state index contributed by atoms with van der Waals surface area (Å²) in [6.45, 7) is 3.74. The molecule has 0 aromatic heterocycles. The first-order valence-electron chi connectivity index (χ1n) is 7.78. The van der Waals surface area contributed by atoms with E-state index in [2.05, 4.69) is 10.5 Å². The van der Waals surface area contributed by atoms with Crippen molar-refractivity contribution in [2.45, 2.75) is 13.8 Å². The Morgan fingerprint density at radius 1 is 1.08 bits per heavy atom. The molecule has 0 bridgehead atoms. The molecule has 132 valence electrons. The summed E-state index contributed by atoms with van der Waals surface area (Å²) in [5.74, 6) is 0.964. The van der Waals surface area contributed by atoms with Crippen molar-refractivity contribution in [3.05, 3.63) is 53.1 Å². The van der Waals surface area contributed by atoms with Gasteiger partial charge >= 0.3 is 0 Å². The van der Waals surface area contributed by atoms with Crippen LogP contribution in [0.25, 0.3) is 0 Å². The van der Waals surface area contributed by atoms with Crippen LogP contribution in [0.3, 0.4) is 0 Å². The van der Waals surface area contributed by atoms with E-state index in [1.54, 1.807) is 26.4 Å². The number of carbonyl (C=O) groups is 1. The summed E-state index contributed by atoms with van der Waals surface area (Å²) in [7, 11) is 3.14. The highest BCUT2D eigenvalue weighted by molar-refractivity contribution is 5.92. The molecule has 0 aliphatic carbocycles. The molecule has 0 aliphatic rings. The van der Waals surface area contributed by atoms with E-state index in [4.69, 9.17) is 14.3 Å². The predicted molar refractivity (Wildman–Crippen MR) is 97.6 cm³/mol. The van der Waals surface area contributed by atoms with Crippen LogP contribution in [-0.2, 0) is 9.63 Å². The van der Waals surface area contributed by atoms with Gasteiger partial charge in [-0.2, -0.15) is 0 Å². The molecule has 2 aromatic rings. The van der Waals surface area contributed by atoms with Gasteiger partial charge in [0.2, 0.25) is 0 Å². The number of amides is 1. The van der Waals surface area contributed by atoms with E-state index in [0.717, 1.165) is 22.4 Å². The SMILES string of the molecule is COc1ccc(/C=N/OCC(=O)Nc2cc(C)ccc2C)cc1OC. The van der Waals surface area contributed by atoms with Gasteiger partial charge in [0.05, 0.1) is 20.4 Å². The fourth-order valence-corrected chi connectivity index (χ4v) is 2.18. The Balaban J connectivity index is 1.88. The van der Waals surface area contributed by atoms with Crippen molar-refractivity contribution in [1.29, 1.82) is 0 Å². The maximum absolute atomic E-state index is 11.9. The summed E-state index contributed by atoms with van der Waals surface area (Å²) in [5, 5.41) is 6.62. The van der Waals surface area contributed by atoms with E-state index in [9.17, 15) is 4.79 Å². The lowest BCUT2D eigenvalue weighted by atomic mass is 10.1. The van der Waals surface area contributed by atoms with Crippen LogP contribution >= 0.6 is 0 Å². The number of hydrogen-bond acceptors (Lipinski definition) is 5. The molecule has 2 aromatic carbocycles. The van der Waals surface area contributed by atoms with Gasteiger partial charge in [0.25, 0.3) is 5.91 Å². The van der Waals surface area contributed by atoms with Crippen LogP contribution in [0.2, 0.25) is 0 Å². The molecule has 0 aliphatic heterocycles. The number of aryl methyl sites for hydroxylation is 2. The highest BCUT2D eigenvalue weighted by Gasteiger charge is 2.06. The largest absolute Gasteiger partial charge is 0.493 e. The van der Waals surface area contributed by atoms with Crippen LogP contribution in [0.4, 0.5) is 5.69 Å². The number of nitrogens with zero attached hydrogens (tertiary/aromatic N) is 1. The maximum atomic E-state index is 11.9. The zero-order chi connectivity index (χ0) is 18.2. The Morgan fingerprint density at radius 2 is 1.84 bits per heavy atom. The summed E-state index contributed by atoms with van der Waals surface area (Å²) in [4.78, 5) is 17.0. The van der Waals surface area contributed by atoms with Crippen LogP contribution in [-0.4, -0.2) is 32.9 Å². The third-order valence-electron chi connectivity index (χ3n) is 3.55. The molecule has 1 amide bonds. The molecular formula is C19H22N2O4. The first-order valence-corrected chi connectivity index (χ1v) is 7.78. The summed E-state index contributed by atoms with van der Waals surface area (Å²) in [6.07, 6.45) is 1.51. The number of nitrogens with one attached hydrogen (secondary N) is 1. The summed E-state index contributed by atoms with van der Waals surface area (Å²) >= 11 is 0. The fourth-order valence-electron chi connectivity index (χ4n) is 2.18. The molecule has 6 nitrogen and oxygen atoms in total. The molecule has 0 saturated carbocycles. The third kappa shape index (κ3) is 5.24. The maximum Gasteiger partial charge on any atom is 0.265 e. The molecular weight excluding hydrogens is 320 g/mol.